The maximum Gasteiger partial charge on any atom is 0.248 e. The molecule has 0 saturated heterocycles. The van der Waals surface area contributed by atoms with Gasteiger partial charge in [-0.05, 0) is 42.7 Å². The van der Waals surface area contributed by atoms with Crippen molar-refractivity contribution in [3.8, 4) is 0 Å². The van der Waals surface area contributed by atoms with E-state index in [0.29, 0.717) is 12.2 Å². The number of hydrogen-bond acceptors (Lipinski definition) is 3. The summed E-state index contributed by atoms with van der Waals surface area (Å²) in [6.07, 6.45) is 4.95. The van der Waals surface area contributed by atoms with Crippen LogP contribution in [0.25, 0.3) is 6.08 Å². The largest absolute Gasteiger partial charge is 0.322 e. The minimum atomic E-state index is -0.189. The molecule has 0 saturated carbocycles. The molecule has 0 unspecified atom stereocenters. The van der Waals surface area contributed by atoms with Crippen LogP contribution in [0.1, 0.15) is 22.4 Å². The summed E-state index contributed by atoms with van der Waals surface area (Å²) >= 11 is 0. The molecule has 2 aromatic carbocycles. The van der Waals surface area contributed by atoms with Crippen LogP contribution < -0.4 is 5.32 Å². The summed E-state index contributed by atoms with van der Waals surface area (Å²) in [5.41, 5.74) is 4.83. The molecular weight excluding hydrogens is 312 g/mol. The van der Waals surface area contributed by atoms with Crippen LogP contribution in [0.2, 0.25) is 0 Å². The van der Waals surface area contributed by atoms with Crippen molar-refractivity contribution in [1.82, 2.24) is 15.0 Å². The molecule has 0 aliphatic heterocycles. The monoisotopic (exact) mass is 332 g/mol. The predicted molar refractivity (Wildman–Crippen MR) is 99.1 cm³/mol. The number of nitrogens with one attached hydrogen (secondary N) is 1. The number of carbonyl (C=O) groups is 1. The third-order valence-electron chi connectivity index (χ3n) is 4.01. The summed E-state index contributed by atoms with van der Waals surface area (Å²) in [4.78, 5) is 12.1. The number of carbonyl (C=O) groups excluding carboxylic acids is 1. The molecule has 0 aliphatic carbocycles. The normalized spacial score (nSPS) is 11.0. The molecule has 1 N–H and O–H groups in total. The van der Waals surface area contributed by atoms with Crippen molar-refractivity contribution in [2.45, 2.75) is 20.4 Å². The number of rotatable bonds is 5. The molecule has 5 heteroatoms. The summed E-state index contributed by atoms with van der Waals surface area (Å²) in [6, 6.07) is 15.9. The van der Waals surface area contributed by atoms with E-state index in [1.165, 1.54) is 6.08 Å². The predicted octanol–water partition coefficient (Wildman–Crippen LogP) is 3.60. The zero-order valence-electron chi connectivity index (χ0n) is 14.3. The zero-order valence-corrected chi connectivity index (χ0v) is 14.3. The van der Waals surface area contributed by atoms with Gasteiger partial charge >= 0.3 is 0 Å². The molecule has 1 heterocycles. The molecule has 5 nitrogen and oxygen atoms in total. The second kappa shape index (κ2) is 7.57. The lowest BCUT2D eigenvalue weighted by Gasteiger charge is -2.08. The van der Waals surface area contributed by atoms with Gasteiger partial charge < -0.3 is 5.32 Å². The van der Waals surface area contributed by atoms with Crippen LogP contribution in [0.15, 0.2) is 60.8 Å². The highest BCUT2D eigenvalue weighted by Gasteiger charge is 2.04. The number of amides is 1. The Morgan fingerprint density at radius 3 is 2.72 bits per heavy atom. The van der Waals surface area contributed by atoms with Crippen molar-refractivity contribution in [3.63, 3.8) is 0 Å². The number of nitrogens with zero attached hydrogens (tertiary/aromatic N) is 3. The van der Waals surface area contributed by atoms with Crippen molar-refractivity contribution < 1.29 is 4.79 Å². The van der Waals surface area contributed by atoms with Crippen LogP contribution in [-0.2, 0) is 11.3 Å². The van der Waals surface area contributed by atoms with Crippen LogP contribution in [0, 0.1) is 13.8 Å². The smallest absolute Gasteiger partial charge is 0.248 e. The third-order valence-corrected chi connectivity index (χ3v) is 4.01. The summed E-state index contributed by atoms with van der Waals surface area (Å²) in [7, 11) is 0. The molecule has 1 aromatic heterocycles. The lowest BCUT2D eigenvalue weighted by Crippen LogP contribution is -2.09. The molecule has 1 amide bonds. The average Bonchev–Trinajstić information content (AvgIpc) is 3.05. The zero-order chi connectivity index (χ0) is 17.6. The van der Waals surface area contributed by atoms with E-state index < -0.39 is 0 Å². The Labute approximate surface area is 147 Å². The van der Waals surface area contributed by atoms with Gasteiger partial charge in [0.05, 0.1) is 12.7 Å². The molecule has 0 spiro atoms. The highest BCUT2D eigenvalue weighted by Crippen LogP contribution is 2.17. The first kappa shape index (κ1) is 16.6. The van der Waals surface area contributed by atoms with Crippen molar-refractivity contribution >= 4 is 17.7 Å². The van der Waals surface area contributed by atoms with Gasteiger partial charge in [0.2, 0.25) is 5.91 Å². The fourth-order valence-corrected chi connectivity index (χ4v) is 2.46. The van der Waals surface area contributed by atoms with E-state index in [9.17, 15) is 4.79 Å². The lowest BCUT2D eigenvalue weighted by molar-refractivity contribution is -0.111. The summed E-state index contributed by atoms with van der Waals surface area (Å²) < 4.78 is 1.75. The Morgan fingerprint density at radius 2 is 1.92 bits per heavy atom. The van der Waals surface area contributed by atoms with Gasteiger partial charge in [0.1, 0.15) is 5.69 Å². The minimum Gasteiger partial charge on any atom is -0.322 e. The van der Waals surface area contributed by atoms with Gasteiger partial charge in [-0.25, -0.2) is 4.68 Å². The first-order valence-electron chi connectivity index (χ1n) is 8.11. The molecule has 0 radical (unpaired) electrons. The standard InChI is InChI=1S/C20H20N4O/c1-15-7-6-10-19(16(15)2)21-20(25)12-11-18-14-24(23-22-18)13-17-8-4-3-5-9-17/h3-12,14H,13H2,1-2H3,(H,21,25)/b12-11+. The highest BCUT2D eigenvalue weighted by atomic mass is 16.1. The summed E-state index contributed by atoms with van der Waals surface area (Å²) in [6.45, 7) is 4.66. The lowest BCUT2D eigenvalue weighted by atomic mass is 10.1. The fourth-order valence-electron chi connectivity index (χ4n) is 2.46. The Morgan fingerprint density at radius 1 is 1.12 bits per heavy atom. The van der Waals surface area contributed by atoms with Gasteiger partial charge in [0.25, 0.3) is 0 Å². The molecule has 126 valence electrons. The molecule has 25 heavy (non-hydrogen) atoms. The van der Waals surface area contributed by atoms with Gasteiger partial charge in [0, 0.05) is 11.8 Å². The summed E-state index contributed by atoms with van der Waals surface area (Å²) in [5, 5.41) is 11.0. The molecule has 3 rings (SSSR count). The maximum absolute atomic E-state index is 12.1. The van der Waals surface area contributed by atoms with Crippen molar-refractivity contribution in [2.75, 3.05) is 5.32 Å². The van der Waals surface area contributed by atoms with Crippen LogP contribution in [0.5, 0.6) is 0 Å². The minimum absolute atomic E-state index is 0.189. The Hall–Kier alpha value is -3.21. The maximum atomic E-state index is 12.1. The second-order valence-corrected chi connectivity index (χ2v) is 5.90. The van der Waals surface area contributed by atoms with Gasteiger partial charge in [-0.1, -0.05) is 47.7 Å². The molecule has 0 bridgehead atoms. The quantitative estimate of drug-likeness (QED) is 0.726. The topological polar surface area (TPSA) is 59.8 Å². The molecule has 0 fully saturated rings. The van der Waals surface area contributed by atoms with Gasteiger partial charge in [-0.15, -0.1) is 5.10 Å². The van der Waals surface area contributed by atoms with E-state index in [1.54, 1.807) is 10.8 Å². The van der Waals surface area contributed by atoms with Gasteiger partial charge in [0.15, 0.2) is 0 Å². The van der Waals surface area contributed by atoms with E-state index >= 15 is 0 Å². The number of aryl methyl sites for hydroxylation is 1. The van der Waals surface area contributed by atoms with Crippen LogP contribution >= 0.6 is 0 Å². The van der Waals surface area contributed by atoms with Crippen molar-refractivity contribution in [2.24, 2.45) is 0 Å². The van der Waals surface area contributed by atoms with E-state index in [1.807, 2.05) is 68.6 Å². The Bertz CT molecular complexity index is 897. The van der Waals surface area contributed by atoms with Gasteiger partial charge in [-0.3, -0.25) is 4.79 Å². The average molecular weight is 332 g/mol. The van der Waals surface area contributed by atoms with Crippen LogP contribution in [-0.4, -0.2) is 20.9 Å². The van der Waals surface area contributed by atoms with Crippen LogP contribution in [0.4, 0.5) is 5.69 Å². The Balaban J connectivity index is 1.62. The fraction of sp³-hybridized carbons (Fsp3) is 0.150. The first-order valence-corrected chi connectivity index (χ1v) is 8.11. The van der Waals surface area contributed by atoms with Gasteiger partial charge in [-0.2, -0.15) is 0 Å². The molecule has 0 atom stereocenters. The molecule has 3 aromatic rings. The first-order chi connectivity index (χ1) is 12.1. The number of hydrogen-bond donors (Lipinski definition) is 1. The molecular formula is C20H20N4O. The van der Waals surface area contributed by atoms with Crippen molar-refractivity contribution in [3.05, 3.63) is 83.2 Å². The third kappa shape index (κ3) is 4.41. The second-order valence-electron chi connectivity index (χ2n) is 5.90. The molecule has 0 aliphatic rings. The van der Waals surface area contributed by atoms with Crippen LogP contribution in [0.3, 0.4) is 0 Å². The summed E-state index contributed by atoms with van der Waals surface area (Å²) in [5.74, 6) is -0.189. The van der Waals surface area contributed by atoms with E-state index in [-0.39, 0.29) is 5.91 Å². The number of aromatic nitrogens is 3. The number of benzene rings is 2. The van der Waals surface area contributed by atoms with Crippen molar-refractivity contribution in [1.29, 1.82) is 0 Å². The number of anilines is 1. The Kier molecular flexibility index (Phi) is 5.04. The van der Waals surface area contributed by atoms with E-state index in [4.69, 9.17) is 0 Å². The van der Waals surface area contributed by atoms with E-state index in [0.717, 1.165) is 22.4 Å². The SMILES string of the molecule is Cc1cccc(NC(=O)/C=C/c2cn(Cc3ccccc3)nn2)c1C. The van der Waals surface area contributed by atoms with E-state index in [2.05, 4.69) is 15.6 Å². The highest BCUT2D eigenvalue weighted by molar-refractivity contribution is 6.02.